The molecule has 1 atom stereocenters. The summed E-state index contributed by atoms with van der Waals surface area (Å²) in [7, 11) is 0. The van der Waals surface area contributed by atoms with Gasteiger partial charge in [0.15, 0.2) is 0 Å². The molecule has 2 nitrogen and oxygen atoms in total. The van der Waals surface area contributed by atoms with Gasteiger partial charge in [0.1, 0.15) is 0 Å². The SMILES string of the molecule is NCC1CCCN1CC1CCCC1. The van der Waals surface area contributed by atoms with E-state index < -0.39 is 0 Å². The van der Waals surface area contributed by atoms with Crippen molar-refractivity contribution in [3.8, 4) is 0 Å². The second kappa shape index (κ2) is 4.43. The molecule has 2 heteroatoms. The first-order valence-corrected chi connectivity index (χ1v) is 5.84. The van der Waals surface area contributed by atoms with E-state index in [0.29, 0.717) is 6.04 Å². The van der Waals surface area contributed by atoms with Gasteiger partial charge >= 0.3 is 0 Å². The van der Waals surface area contributed by atoms with Gasteiger partial charge in [-0.2, -0.15) is 0 Å². The number of likely N-dealkylation sites (tertiary alicyclic amines) is 1. The van der Waals surface area contributed by atoms with Gasteiger partial charge in [-0.1, -0.05) is 12.8 Å². The van der Waals surface area contributed by atoms with Gasteiger partial charge in [0, 0.05) is 19.1 Å². The number of rotatable bonds is 3. The third-order valence-electron chi connectivity index (χ3n) is 3.74. The summed E-state index contributed by atoms with van der Waals surface area (Å²) in [5.41, 5.74) is 5.76. The highest BCUT2D eigenvalue weighted by molar-refractivity contribution is 4.82. The quantitative estimate of drug-likeness (QED) is 0.718. The van der Waals surface area contributed by atoms with Gasteiger partial charge in [-0.05, 0) is 38.1 Å². The zero-order valence-electron chi connectivity index (χ0n) is 8.54. The molecule has 0 bridgehead atoms. The lowest BCUT2D eigenvalue weighted by Crippen LogP contribution is -2.38. The van der Waals surface area contributed by atoms with Crippen LogP contribution in [0.5, 0.6) is 0 Å². The van der Waals surface area contributed by atoms with E-state index >= 15 is 0 Å². The Hall–Kier alpha value is -0.0800. The molecule has 2 rings (SSSR count). The Balaban J connectivity index is 1.79. The monoisotopic (exact) mass is 182 g/mol. The lowest BCUT2D eigenvalue weighted by atomic mass is 10.1. The molecule has 0 aromatic heterocycles. The van der Waals surface area contributed by atoms with Gasteiger partial charge in [-0.15, -0.1) is 0 Å². The van der Waals surface area contributed by atoms with Crippen LogP contribution >= 0.6 is 0 Å². The number of hydrogen-bond donors (Lipinski definition) is 1. The lowest BCUT2D eigenvalue weighted by molar-refractivity contribution is 0.219. The van der Waals surface area contributed by atoms with Crippen LogP contribution in [-0.4, -0.2) is 30.6 Å². The second-order valence-electron chi connectivity index (χ2n) is 4.68. The average molecular weight is 182 g/mol. The van der Waals surface area contributed by atoms with Gasteiger partial charge < -0.3 is 5.73 Å². The minimum atomic E-state index is 0.709. The van der Waals surface area contributed by atoms with Crippen LogP contribution in [-0.2, 0) is 0 Å². The molecule has 2 fully saturated rings. The Morgan fingerprint density at radius 1 is 1.08 bits per heavy atom. The maximum Gasteiger partial charge on any atom is 0.0219 e. The van der Waals surface area contributed by atoms with Crippen molar-refractivity contribution < 1.29 is 0 Å². The van der Waals surface area contributed by atoms with Crippen LogP contribution < -0.4 is 5.73 Å². The Morgan fingerprint density at radius 2 is 1.85 bits per heavy atom. The van der Waals surface area contributed by atoms with Crippen LogP contribution in [0.4, 0.5) is 0 Å². The maximum atomic E-state index is 5.76. The van der Waals surface area contributed by atoms with Crippen molar-refractivity contribution in [1.82, 2.24) is 4.90 Å². The van der Waals surface area contributed by atoms with E-state index in [4.69, 9.17) is 5.73 Å². The van der Waals surface area contributed by atoms with E-state index in [1.807, 2.05) is 0 Å². The molecule has 1 saturated heterocycles. The molecule has 1 aliphatic heterocycles. The highest BCUT2D eigenvalue weighted by Crippen LogP contribution is 2.28. The smallest absolute Gasteiger partial charge is 0.0219 e. The molecular formula is C11H22N2. The van der Waals surface area contributed by atoms with Gasteiger partial charge in [0.2, 0.25) is 0 Å². The summed E-state index contributed by atoms with van der Waals surface area (Å²) in [6.07, 6.45) is 8.57. The molecule has 0 amide bonds. The predicted octanol–water partition coefficient (Wildman–Crippen LogP) is 1.60. The third-order valence-corrected chi connectivity index (χ3v) is 3.74. The second-order valence-corrected chi connectivity index (χ2v) is 4.68. The van der Waals surface area contributed by atoms with Crippen LogP contribution in [0.1, 0.15) is 38.5 Å². The van der Waals surface area contributed by atoms with E-state index in [1.54, 1.807) is 0 Å². The molecule has 76 valence electrons. The Labute approximate surface area is 81.5 Å². The summed E-state index contributed by atoms with van der Waals surface area (Å²) in [4.78, 5) is 2.63. The van der Waals surface area contributed by atoms with Crippen LogP contribution in [0.15, 0.2) is 0 Å². The molecular weight excluding hydrogens is 160 g/mol. The first-order chi connectivity index (χ1) is 6.40. The largest absolute Gasteiger partial charge is 0.329 e. The minimum absolute atomic E-state index is 0.709. The molecule has 0 aromatic rings. The highest BCUT2D eigenvalue weighted by Gasteiger charge is 2.26. The van der Waals surface area contributed by atoms with Gasteiger partial charge in [-0.25, -0.2) is 0 Å². The zero-order valence-corrected chi connectivity index (χ0v) is 8.54. The molecule has 1 unspecified atom stereocenters. The Bertz CT molecular complexity index is 152. The van der Waals surface area contributed by atoms with Gasteiger partial charge in [0.05, 0.1) is 0 Å². The fourth-order valence-corrected chi connectivity index (χ4v) is 2.93. The van der Waals surface area contributed by atoms with Crippen molar-refractivity contribution in [3.05, 3.63) is 0 Å². The first kappa shape index (κ1) is 9.47. The van der Waals surface area contributed by atoms with Crippen molar-refractivity contribution in [1.29, 1.82) is 0 Å². The van der Waals surface area contributed by atoms with E-state index in [2.05, 4.69) is 4.90 Å². The van der Waals surface area contributed by atoms with Crippen molar-refractivity contribution in [2.75, 3.05) is 19.6 Å². The van der Waals surface area contributed by atoms with E-state index in [9.17, 15) is 0 Å². The Kier molecular flexibility index (Phi) is 3.23. The summed E-state index contributed by atoms with van der Waals surface area (Å²) in [6, 6.07) is 0.709. The molecule has 1 aliphatic carbocycles. The van der Waals surface area contributed by atoms with Crippen LogP contribution in [0.25, 0.3) is 0 Å². The molecule has 1 saturated carbocycles. The fraction of sp³-hybridized carbons (Fsp3) is 1.00. The molecule has 13 heavy (non-hydrogen) atoms. The van der Waals surface area contributed by atoms with E-state index in [0.717, 1.165) is 12.5 Å². The first-order valence-electron chi connectivity index (χ1n) is 5.84. The zero-order chi connectivity index (χ0) is 9.10. The van der Waals surface area contributed by atoms with Crippen molar-refractivity contribution in [2.24, 2.45) is 11.7 Å². The van der Waals surface area contributed by atoms with Crippen LogP contribution in [0.2, 0.25) is 0 Å². The normalized spacial score (nSPS) is 31.6. The minimum Gasteiger partial charge on any atom is -0.329 e. The fourth-order valence-electron chi connectivity index (χ4n) is 2.93. The third kappa shape index (κ3) is 2.23. The van der Waals surface area contributed by atoms with Crippen LogP contribution in [0.3, 0.4) is 0 Å². The summed E-state index contributed by atoms with van der Waals surface area (Å²) in [5.74, 6) is 0.993. The Morgan fingerprint density at radius 3 is 2.54 bits per heavy atom. The summed E-state index contributed by atoms with van der Waals surface area (Å²) >= 11 is 0. The number of hydrogen-bond acceptors (Lipinski definition) is 2. The molecule has 1 heterocycles. The topological polar surface area (TPSA) is 29.3 Å². The lowest BCUT2D eigenvalue weighted by Gasteiger charge is -2.26. The molecule has 2 aliphatic rings. The van der Waals surface area contributed by atoms with Crippen LogP contribution in [0, 0.1) is 5.92 Å². The van der Waals surface area contributed by atoms with E-state index in [1.165, 1.54) is 51.6 Å². The summed E-state index contributed by atoms with van der Waals surface area (Å²) in [6.45, 7) is 3.51. The summed E-state index contributed by atoms with van der Waals surface area (Å²) in [5, 5.41) is 0. The van der Waals surface area contributed by atoms with Crippen molar-refractivity contribution in [2.45, 2.75) is 44.6 Å². The standard InChI is InChI=1S/C11H22N2/c12-8-11-6-3-7-13(11)9-10-4-1-2-5-10/h10-11H,1-9,12H2. The summed E-state index contributed by atoms with van der Waals surface area (Å²) < 4.78 is 0. The van der Waals surface area contributed by atoms with Crippen molar-refractivity contribution in [3.63, 3.8) is 0 Å². The average Bonchev–Trinajstić information content (AvgIpc) is 2.76. The maximum absolute atomic E-state index is 5.76. The number of nitrogens with zero attached hydrogens (tertiary/aromatic N) is 1. The van der Waals surface area contributed by atoms with Gasteiger partial charge in [0.25, 0.3) is 0 Å². The molecule has 0 radical (unpaired) electrons. The highest BCUT2D eigenvalue weighted by atomic mass is 15.2. The predicted molar refractivity (Wildman–Crippen MR) is 55.6 cm³/mol. The molecule has 0 aromatic carbocycles. The van der Waals surface area contributed by atoms with Crippen molar-refractivity contribution >= 4 is 0 Å². The molecule has 2 N–H and O–H groups in total. The van der Waals surface area contributed by atoms with Gasteiger partial charge in [-0.3, -0.25) is 4.90 Å². The molecule has 0 spiro atoms. The number of nitrogens with two attached hydrogens (primary N) is 1. The van der Waals surface area contributed by atoms with E-state index in [-0.39, 0.29) is 0 Å².